The summed E-state index contributed by atoms with van der Waals surface area (Å²) in [6.07, 6.45) is 0. The van der Waals surface area contributed by atoms with Crippen LogP contribution in [-0.4, -0.2) is 34.6 Å². The zero-order chi connectivity index (χ0) is 13.4. The largest absolute Gasteiger partial charge is 0.486 e. The summed E-state index contributed by atoms with van der Waals surface area (Å²) in [5, 5.41) is 1.31. The third-order valence-corrected chi connectivity index (χ3v) is 4.31. The maximum Gasteiger partial charge on any atom is 0.169 e. The highest BCUT2D eigenvalue weighted by Gasteiger charge is 2.17. The Bertz CT molecular complexity index is 611. The Morgan fingerprint density at radius 2 is 2.05 bits per heavy atom. The van der Waals surface area contributed by atoms with Gasteiger partial charge in [0.05, 0.1) is 11.0 Å². The molecule has 0 amide bonds. The molecule has 2 aromatic rings. The van der Waals surface area contributed by atoms with E-state index in [0.717, 1.165) is 27.7 Å². The molecule has 0 aliphatic carbocycles. The minimum Gasteiger partial charge on any atom is -0.486 e. The van der Waals surface area contributed by atoms with E-state index in [1.165, 1.54) is 0 Å². The van der Waals surface area contributed by atoms with Gasteiger partial charge in [-0.05, 0) is 0 Å². The van der Waals surface area contributed by atoms with E-state index >= 15 is 0 Å². The second-order valence-corrected chi connectivity index (χ2v) is 6.01. The molecule has 6 heteroatoms. The van der Waals surface area contributed by atoms with Crippen molar-refractivity contribution in [2.24, 2.45) is 12.8 Å². The number of nitrogens with two attached hydrogens (primary N) is 1. The maximum atomic E-state index is 5.67. The monoisotopic (exact) mass is 279 g/mol. The lowest BCUT2D eigenvalue weighted by Gasteiger charge is -2.18. The predicted molar refractivity (Wildman–Crippen MR) is 76.1 cm³/mol. The van der Waals surface area contributed by atoms with E-state index in [-0.39, 0.29) is 0 Å². The molecule has 1 aliphatic rings. The molecule has 0 saturated heterocycles. The fourth-order valence-corrected chi connectivity index (χ4v) is 2.90. The molecule has 0 bridgehead atoms. The summed E-state index contributed by atoms with van der Waals surface area (Å²) in [5.74, 6) is 1.57. The molecule has 2 N–H and O–H groups in total. The molecule has 1 unspecified atom stereocenters. The normalized spacial score (nSPS) is 15.7. The quantitative estimate of drug-likeness (QED) is 0.868. The highest BCUT2D eigenvalue weighted by atomic mass is 32.2. The Kier molecular flexibility index (Phi) is 3.28. The summed E-state index contributed by atoms with van der Waals surface area (Å²) in [6.45, 7) is 3.93. The molecular formula is C13H17N3O2S. The lowest BCUT2D eigenvalue weighted by atomic mass is 10.2. The summed E-state index contributed by atoms with van der Waals surface area (Å²) in [6, 6.07) is 3.94. The van der Waals surface area contributed by atoms with Gasteiger partial charge in [0.1, 0.15) is 13.2 Å². The van der Waals surface area contributed by atoms with Crippen LogP contribution >= 0.6 is 11.8 Å². The lowest BCUT2D eigenvalue weighted by molar-refractivity contribution is 0.172. The number of thioether (sulfide) groups is 1. The lowest BCUT2D eigenvalue weighted by Crippen LogP contribution is -2.15. The molecule has 19 heavy (non-hydrogen) atoms. The molecule has 2 heterocycles. The van der Waals surface area contributed by atoms with Crippen molar-refractivity contribution in [2.75, 3.05) is 19.8 Å². The molecule has 1 atom stereocenters. The minimum atomic E-state index is 0.345. The third kappa shape index (κ3) is 2.26. The molecule has 0 fully saturated rings. The molecule has 5 nitrogen and oxygen atoms in total. The Hall–Kier alpha value is -1.40. The summed E-state index contributed by atoms with van der Waals surface area (Å²) in [7, 11) is 2.01. The number of rotatable bonds is 3. The smallest absolute Gasteiger partial charge is 0.169 e. The molecule has 3 rings (SSSR count). The van der Waals surface area contributed by atoms with E-state index in [2.05, 4.69) is 16.5 Å². The first-order chi connectivity index (χ1) is 9.19. The van der Waals surface area contributed by atoms with Crippen molar-refractivity contribution < 1.29 is 9.47 Å². The average molecular weight is 279 g/mol. The van der Waals surface area contributed by atoms with Crippen molar-refractivity contribution in [1.29, 1.82) is 0 Å². The number of nitrogens with zero attached hydrogens (tertiary/aromatic N) is 2. The second-order valence-electron chi connectivity index (χ2n) is 4.60. The Morgan fingerprint density at radius 1 is 1.37 bits per heavy atom. The van der Waals surface area contributed by atoms with Gasteiger partial charge in [0, 0.05) is 31.0 Å². The van der Waals surface area contributed by atoms with Crippen LogP contribution in [0, 0.1) is 0 Å². The van der Waals surface area contributed by atoms with E-state index in [9.17, 15) is 0 Å². The standard InChI is InChI=1S/C13H17N3O2S/c1-8(7-14)19-13-15-9-5-11-12(18-4-3-17-11)6-10(9)16(13)2/h5-6,8H,3-4,7,14H2,1-2H3. The molecule has 0 spiro atoms. The number of hydrogen-bond acceptors (Lipinski definition) is 5. The maximum absolute atomic E-state index is 5.67. The number of imidazole rings is 1. The summed E-state index contributed by atoms with van der Waals surface area (Å²) < 4.78 is 13.3. The number of fused-ring (bicyclic) bond motifs is 2. The van der Waals surface area contributed by atoms with Crippen molar-refractivity contribution >= 4 is 22.8 Å². The highest BCUT2D eigenvalue weighted by Crippen LogP contribution is 2.36. The van der Waals surface area contributed by atoms with Gasteiger partial charge in [0.15, 0.2) is 16.7 Å². The summed E-state index contributed by atoms with van der Waals surface area (Å²) in [5.41, 5.74) is 7.65. The van der Waals surface area contributed by atoms with Crippen LogP contribution in [0.25, 0.3) is 11.0 Å². The molecule has 102 valence electrons. The van der Waals surface area contributed by atoms with Gasteiger partial charge in [-0.3, -0.25) is 0 Å². The van der Waals surface area contributed by atoms with E-state index in [0.29, 0.717) is 25.0 Å². The number of benzene rings is 1. The van der Waals surface area contributed by atoms with Crippen molar-refractivity contribution in [2.45, 2.75) is 17.3 Å². The van der Waals surface area contributed by atoms with E-state index < -0.39 is 0 Å². The average Bonchev–Trinajstić information content (AvgIpc) is 2.72. The zero-order valence-corrected chi connectivity index (χ0v) is 11.9. The first-order valence-electron chi connectivity index (χ1n) is 6.32. The van der Waals surface area contributed by atoms with Crippen molar-refractivity contribution in [1.82, 2.24) is 9.55 Å². The fourth-order valence-electron chi connectivity index (χ4n) is 2.04. The van der Waals surface area contributed by atoms with Gasteiger partial charge in [-0.15, -0.1) is 0 Å². The van der Waals surface area contributed by atoms with Crippen molar-refractivity contribution in [3.05, 3.63) is 12.1 Å². The topological polar surface area (TPSA) is 62.3 Å². The molecular weight excluding hydrogens is 262 g/mol. The highest BCUT2D eigenvalue weighted by molar-refractivity contribution is 7.99. The fraction of sp³-hybridized carbons (Fsp3) is 0.462. The Labute approximate surface area is 116 Å². The predicted octanol–water partition coefficient (Wildman–Crippen LogP) is 1.78. The first-order valence-corrected chi connectivity index (χ1v) is 7.20. The Balaban J connectivity index is 2.05. The second kappa shape index (κ2) is 4.94. The van der Waals surface area contributed by atoms with Gasteiger partial charge in [-0.2, -0.15) is 0 Å². The molecule has 1 aromatic heterocycles. The molecule has 1 aliphatic heterocycles. The molecule has 0 radical (unpaired) electrons. The van der Waals surface area contributed by atoms with Gasteiger partial charge in [-0.1, -0.05) is 18.7 Å². The zero-order valence-electron chi connectivity index (χ0n) is 11.0. The van der Waals surface area contributed by atoms with Gasteiger partial charge in [0.25, 0.3) is 0 Å². The van der Waals surface area contributed by atoms with E-state index in [1.807, 2.05) is 19.2 Å². The van der Waals surface area contributed by atoms with Crippen LogP contribution in [-0.2, 0) is 7.05 Å². The van der Waals surface area contributed by atoms with Crippen LogP contribution in [0.2, 0.25) is 0 Å². The van der Waals surface area contributed by atoms with Crippen molar-refractivity contribution in [3.8, 4) is 11.5 Å². The van der Waals surface area contributed by atoms with Crippen LogP contribution in [0.4, 0.5) is 0 Å². The summed E-state index contributed by atoms with van der Waals surface area (Å²) in [4.78, 5) is 4.64. The number of aryl methyl sites for hydroxylation is 1. The van der Waals surface area contributed by atoms with Crippen LogP contribution < -0.4 is 15.2 Å². The van der Waals surface area contributed by atoms with Crippen molar-refractivity contribution in [3.63, 3.8) is 0 Å². The SMILES string of the molecule is CC(CN)Sc1nc2cc3c(cc2n1C)OCCO3. The minimum absolute atomic E-state index is 0.345. The van der Waals surface area contributed by atoms with Crippen LogP contribution in [0.5, 0.6) is 11.5 Å². The van der Waals surface area contributed by atoms with Gasteiger partial charge in [0.2, 0.25) is 0 Å². The van der Waals surface area contributed by atoms with Gasteiger partial charge in [-0.25, -0.2) is 4.98 Å². The van der Waals surface area contributed by atoms with Crippen LogP contribution in [0.1, 0.15) is 6.92 Å². The van der Waals surface area contributed by atoms with Crippen LogP contribution in [0.15, 0.2) is 17.3 Å². The summed E-state index contributed by atoms with van der Waals surface area (Å²) >= 11 is 1.68. The third-order valence-electron chi connectivity index (χ3n) is 3.14. The van der Waals surface area contributed by atoms with Gasteiger partial charge < -0.3 is 19.8 Å². The van der Waals surface area contributed by atoms with Crippen LogP contribution in [0.3, 0.4) is 0 Å². The molecule has 0 saturated carbocycles. The Morgan fingerprint density at radius 3 is 2.74 bits per heavy atom. The van der Waals surface area contributed by atoms with E-state index in [4.69, 9.17) is 15.2 Å². The molecule has 1 aromatic carbocycles. The number of ether oxygens (including phenoxy) is 2. The first kappa shape index (κ1) is 12.6. The van der Waals surface area contributed by atoms with E-state index in [1.54, 1.807) is 11.8 Å². The van der Waals surface area contributed by atoms with Gasteiger partial charge >= 0.3 is 0 Å². The number of hydrogen-bond donors (Lipinski definition) is 1. The number of aromatic nitrogens is 2.